The molecular formula is C22H29N3O3. The van der Waals surface area contributed by atoms with Gasteiger partial charge in [-0.3, -0.25) is 4.98 Å². The van der Waals surface area contributed by atoms with Crippen molar-refractivity contribution in [3.8, 4) is 11.1 Å². The van der Waals surface area contributed by atoms with Crippen molar-refractivity contribution in [1.82, 2.24) is 14.6 Å². The molecule has 6 heteroatoms. The Hall–Kier alpha value is -2.28. The van der Waals surface area contributed by atoms with Crippen LogP contribution in [0.3, 0.4) is 0 Å². The second kappa shape index (κ2) is 9.78. The minimum atomic E-state index is 0.0375. The maximum absolute atomic E-state index is 8.73. The first kappa shape index (κ1) is 20.5. The minimum absolute atomic E-state index is 0.0375. The predicted molar refractivity (Wildman–Crippen MR) is 110 cm³/mol. The average molecular weight is 383 g/mol. The van der Waals surface area contributed by atoms with Crippen molar-refractivity contribution in [3.63, 3.8) is 0 Å². The number of aryl methyl sites for hydroxylation is 3. The van der Waals surface area contributed by atoms with Crippen LogP contribution in [0.4, 0.5) is 0 Å². The fraction of sp³-hybridized carbons (Fsp3) is 0.455. The van der Waals surface area contributed by atoms with Gasteiger partial charge in [0.05, 0.1) is 44.2 Å². The maximum Gasteiger partial charge on any atom is 0.0731 e. The van der Waals surface area contributed by atoms with Crippen molar-refractivity contribution in [2.24, 2.45) is 0 Å². The van der Waals surface area contributed by atoms with Gasteiger partial charge in [0.25, 0.3) is 0 Å². The highest BCUT2D eigenvalue weighted by Gasteiger charge is 2.17. The van der Waals surface area contributed by atoms with Crippen LogP contribution in [0.15, 0.2) is 30.6 Å². The smallest absolute Gasteiger partial charge is 0.0731 e. The molecule has 0 amide bonds. The van der Waals surface area contributed by atoms with E-state index in [0.717, 1.165) is 35.2 Å². The van der Waals surface area contributed by atoms with E-state index in [-0.39, 0.29) is 6.61 Å². The molecule has 3 aromatic heterocycles. The van der Waals surface area contributed by atoms with Gasteiger partial charge in [-0.1, -0.05) is 6.92 Å². The molecule has 0 radical (unpaired) electrons. The summed E-state index contributed by atoms with van der Waals surface area (Å²) in [7, 11) is 0. The molecule has 0 unspecified atom stereocenters. The lowest BCUT2D eigenvalue weighted by molar-refractivity contribution is 0.0340. The van der Waals surface area contributed by atoms with Crippen LogP contribution in [-0.4, -0.2) is 52.7 Å². The Labute approximate surface area is 166 Å². The first-order valence-electron chi connectivity index (χ1n) is 9.84. The van der Waals surface area contributed by atoms with Gasteiger partial charge >= 0.3 is 0 Å². The average Bonchev–Trinajstić information content (AvgIpc) is 3.09. The van der Waals surface area contributed by atoms with Crippen molar-refractivity contribution >= 4 is 5.52 Å². The van der Waals surface area contributed by atoms with Crippen LogP contribution in [0.5, 0.6) is 0 Å². The molecule has 3 heterocycles. The van der Waals surface area contributed by atoms with Gasteiger partial charge in [-0.15, -0.1) is 0 Å². The highest BCUT2D eigenvalue weighted by molar-refractivity contribution is 5.83. The molecule has 150 valence electrons. The molecule has 0 atom stereocenters. The van der Waals surface area contributed by atoms with Crippen LogP contribution >= 0.6 is 0 Å². The van der Waals surface area contributed by atoms with E-state index in [2.05, 4.69) is 48.5 Å². The number of nitrogens with zero attached hydrogens (tertiary/aromatic N) is 3. The zero-order valence-corrected chi connectivity index (χ0v) is 16.9. The quantitative estimate of drug-likeness (QED) is 0.545. The second-order valence-corrected chi connectivity index (χ2v) is 6.86. The highest BCUT2D eigenvalue weighted by Crippen LogP contribution is 2.31. The summed E-state index contributed by atoms with van der Waals surface area (Å²) in [6.07, 6.45) is 5.50. The molecule has 1 N–H and O–H groups in total. The second-order valence-electron chi connectivity index (χ2n) is 6.86. The number of aliphatic hydroxyl groups is 1. The van der Waals surface area contributed by atoms with Gasteiger partial charge in [-0.05, 0) is 56.0 Å². The van der Waals surface area contributed by atoms with Crippen LogP contribution in [0.25, 0.3) is 16.6 Å². The Morgan fingerprint density at radius 1 is 1.04 bits per heavy atom. The zero-order chi connectivity index (χ0) is 19.9. The monoisotopic (exact) mass is 383 g/mol. The molecule has 0 spiro atoms. The van der Waals surface area contributed by atoms with Gasteiger partial charge in [-0.25, -0.2) is 4.52 Å². The number of hydrogen-bond acceptors (Lipinski definition) is 5. The Morgan fingerprint density at radius 3 is 2.54 bits per heavy atom. The molecular weight excluding hydrogens is 354 g/mol. The molecule has 0 saturated heterocycles. The summed E-state index contributed by atoms with van der Waals surface area (Å²) in [5, 5.41) is 13.6. The Balaban J connectivity index is 1.90. The molecule has 28 heavy (non-hydrogen) atoms. The molecule has 0 aliphatic carbocycles. The van der Waals surface area contributed by atoms with E-state index in [9.17, 15) is 0 Å². The zero-order valence-electron chi connectivity index (χ0n) is 16.9. The molecule has 3 aromatic rings. The molecule has 0 aromatic carbocycles. The third kappa shape index (κ3) is 4.58. The van der Waals surface area contributed by atoms with Crippen molar-refractivity contribution < 1.29 is 14.6 Å². The highest BCUT2D eigenvalue weighted by atomic mass is 16.5. The van der Waals surface area contributed by atoms with E-state index < -0.39 is 0 Å². The van der Waals surface area contributed by atoms with Gasteiger partial charge < -0.3 is 14.6 Å². The van der Waals surface area contributed by atoms with Crippen LogP contribution < -0.4 is 0 Å². The predicted octanol–water partition coefficient (Wildman–Crippen LogP) is 3.14. The minimum Gasteiger partial charge on any atom is -0.394 e. The summed E-state index contributed by atoms with van der Waals surface area (Å²) in [6.45, 7) is 8.25. The number of rotatable bonds is 10. The summed E-state index contributed by atoms with van der Waals surface area (Å²) >= 11 is 0. The summed E-state index contributed by atoms with van der Waals surface area (Å²) < 4.78 is 13.0. The van der Waals surface area contributed by atoms with Crippen molar-refractivity contribution in [1.29, 1.82) is 0 Å². The fourth-order valence-electron chi connectivity index (χ4n) is 3.47. The molecule has 0 aliphatic heterocycles. The lowest BCUT2D eigenvalue weighted by Crippen LogP contribution is -2.11. The number of aliphatic hydroxyl groups excluding tert-OH is 1. The SMILES string of the molecule is CCc1ccc2c(-c3cncc(C)c3)c(CCOCCOCCO)c(C)nn12. The summed E-state index contributed by atoms with van der Waals surface area (Å²) in [6, 6.07) is 6.47. The number of pyridine rings is 1. The summed E-state index contributed by atoms with van der Waals surface area (Å²) in [5.41, 5.74) is 7.93. The largest absolute Gasteiger partial charge is 0.394 e. The number of ether oxygens (including phenoxy) is 2. The number of aromatic nitrogens is 3. The standard InChI is InChI=1S/C22H29N3O3/c1-4-19-5-6-21-22(18-13-16(2)14-23-15-18)20(17(3)24-25(19)21)7-9-27-11-12-28-10-8-26/h5-6,13-15,26H,4,7-12H2,1-3H3. The van der Waals surface area contributed by atoms with E-state index in [1.54, 1.807) is 0 Å². The normalized spacial score (nSPS) is 11.4. The third-order valence-corrected chi connectivity index (χ3v) is 4.81. The Morgan fingerprint density at radius 2 is 1.82 bits per heavy atom. The Kier molecular flexibility index (Phi) is 7.14. The first-order valence-corrected chi connectivity index (χ1v) is 9.84. The number of fused-ring (bicyclic) bond motifs is 1. The van der Waals surface area contributed by atoms with Crippen molar-refractivity contribution in [2.45, 2.75) is 33.6 Å². The van der Waals surface area contributed by atoms with Crippen LogP contribution in [0.2, 0.25) is 0 Å². The maximum atomic E-state index is 8.73. The van der Waals surface area contributed by atoms with Crippen molar-refractivity contribution in [2.75, 3.05) is 33.0 Å². The lowest BCUT2D eigenvalue weighted by atomic mass is 9.97. The fourth-order valence-corrected chi connectivity index (χ4v) is 3.47. The van der Waals surface area contributed by atoms with Gasteiger partial charge in [-0.2, -0.15) is 5.10 Å². The van der Waals surface area contributed by atoms with Gasteiger partial charge in [0, 0.05) is 29.2 Å². The Bertz CT molecular complexity index is 921. The van der Waals surface area contributed by atoms with E-state index >= 15 is 0 Å². The third-order valence-electron chi connectivity index (χ3n) is 4.81. The lowest BCUT2D eigenvalue weighted by Gasteiger charge is -2.16. The van der Waals surface area contributed by atoms with Crippen LogP contribution in [0.1, 0.15) is 29.4 Å². The molecule has 3 rings (SSSR count). The topological polar surface area (TPSA) is 68.9 Å². The van der Waals surface area contributed by atoms with Gasteiger partial charge in [0.2, 0.25) is 0 Å². The molecule has 0 aliphatic rings. The first-order chi connectivity index (χ1) is 13.7. The van der Waals surface area contributed by atoms with E-state index in [0.29, 0.717) is 26.4 Å². The molecule has 6 nitrogen and oxygen atoms in total. The summed E-state index contributed by atoms with van der Waals surface area (Å²) in [5.74, 6) is 0. The summed E-state index contributed by atoms with van der Waals surface area (Å²) in [4.78, 5) is 4.41. The number of hydrogen-bond donors (Lipinski definition) is 1. The van der Waals surface area contributed by atoms with Gasteiger partial charge in [0.1, 0.15) is 0 Å². The van der Waals surface area contributed by atoms with E-state index in [1.807, 2.05) is 12.4 Å². The van der Waals surface area contributed by atoms with Crippen molar-refractivity contribution in [3.05, 3.63) is 53.1 Å². The van der Waals surface area contributed by atoms with Crippen LogP contribution in [0, 0.1) is 13.8 Å². The molecule has 0 fully saturated rings. The van der Waals surface area contributed by atoms with Crippen LogP contribution in [-0.2, 0) is 22.3 Å². The van der Waals surface area contributed by atoms with E-state index in [4.69, 9.17) is 19.7 Å². The van der Waals surface area contributed by atoms with Gasteiger partial charge in [0.15, 0.2) is 0 Å². The molecule has 0 bridgehead atoms. The van der Waals surface area contributed by atoms with E-state index in [1.165, 1.54) is 16.8 Å². The molecule has 0 saturated carbocycles.